The van der Waals surface area contributed by atoms with Gasteiger partial charge in [0.05, 0.1) is 0 Å². The van der Waals surface area contributed by atoms with Crippen molar-refractivity contribution in [2.24, 2.45) is 0 Å². The van der Waals surface area contributed by atoms with Crippen LogP contribution in [0, 0.1) is 0 Å². The Hall–Kier alpha value is -1.73. The first-order valence-corrected chi connectivity index (χ1v) is 7.22. The first kappa shape index (κ1) is 11.1. The molecule has 3 aromatic carbocycles. The largest absolute Gasteiger partial charge is 0.0843 e. The van der Waals surface area contributed by atoms with Crippen molar-refractivity contribution < 1.29 is 0 Å². The molecule has 0 nitrogen and oxygen atoms in total. The second-order valence-corrected chi connectivity index (χ2v) is 5.74. The zero-order valence-electron chi connectivity index (χ0n) is 10.6. The molecule has 0 amide bonds. The molecule has 1 aliphatic carbocycles. The van der Waals surface area contributed by atoms with E-state index in [9.17, 15) is 0 Å². The highest BCUT2D eigenvalue weighted by molar-refractivity contribution is 7.80. The van der Waals surface area contributed by atoms with Gasteiger partial charge in [-0.25, -0.2) is 0 Å². The normalized spacial score (nSPS) is 14.8. The highest BCUT2D eigenvalue weighted by Crippen LogP contribution is 2.33. The summed E-state index contributed by atoms with van der Waals surface area (Å²) in [6.07, 6.45) is 3.42. The average molecular weight is 262 g/mol. The van der Waals surface area contributed by atoms with E-state index in [1.54, 1.807) is 0 Å². The van der Waals surface area contributed by atoms with E-state index in [4.69, 9.17) is 12.2 Å². The third-order valence-electron chi connectivity index (χ3n) is 4.17. The minimum Gasteiger partial charge on any atom is -0.0843 e. The Morgan fingerprint density at radius 1 is 0.737 bits per heavy atom. The van der Waals surface area contributed by atoms with Gasteiger partial charge in [-0.05, 0) is 51.9 Å². The lowest BCUT2D eigenvalue weighted by atomic mass is 9.86. The van der Waals surface area contributed by atoms with Gasteiger partial charge in [0.1, 0.15) is 0 Å². The Morgan fingerprint density at radius 3 is 2.53 bits per heavy atom. The topological polar surface area (TPSA) is 0 Å². The van der Waals surface area contributed by atoms with Crippen LogP contribution in [0.2, 0.25) is 0 Å². The molecule has 0 fully saturated rings. The Labute approximate surface area is 118 Å². The molecule has 0 spiro atoms. The van der Waals surface area contributed by atoms with Crippen LogP contribution in [0.4, 0.5) is 0 Å². The standard InChI is InChI=1S/C18H14S/c19-18-7-3-6-14-16-9-8-12-4-1-2-5-13(12)15(16)10-11-17(14)18/h1-2,4-5,8-11H,3,6-7H2. The van der Waals surface area contributed by atoms with Gasteiger partial charge >= 0.3 is 0 Å². The Morgan fingerprint density at radius 2 is 1.58 bits per heavy atom. The molecule has 0 heterocycles. The molecule has 0 unspecified atom stereocenters. The Kier molecular flexibility index (Phi) is 2.42. The summed E-state index contributed by atoms with van der Waals surface area (Å²) in [4.78, 5) is 1.14. The second-order valence-electron chi connectivity index (χ2n) is 5.25. The molecule has 19 heavy (non-hydrogen) atoms. The average Bonchev–Trinajstić information content (AvgIpc) is 2.47. The first-order valence-electron chi connectivity index (χ1n) is 6.81. The molecule has 92 valence electrons. The minimum absolute atomic E-state index is 1.07. The van der Waals surface area contributed by atoms with Crippen LogP contribution in [0.3, 0.4) is 0 Å². The monoisotopic (exact) mass is 262 g/mol. The smallest absolute Gasteiger partial charge is 0.0227 e. The number of fused-ring (bicyclic) bond motifs is 5. The van der Waals surface area contributed by atoms with Crippen LogP contribution < -0.4 is 0 Å². The SMILES string of the molecule is S=C1CCCc2c1ccc1c2ccc2ccccc21. The van der Waals surface area contributed by atoms with Gasteiger partial charge in [-0.1, -0.05) is 60.7 Å². The van der Waals surface area contributed by atoms with Gasteiger partial charge in [0, 0.05) is 4.86 Å². The zero-order chi connectivity index (χ0) is 12.8. The molecule has 0 aliphatic heterocycles. The summed E-state index contributed by atoms with van der Waals surface area (Å²) in [5, 5.41) is 5.41. The summed E-state index contributed by atoms with van der Waals surface area (Å²) in [5.74, 6) is 0. The van der Waals surface area contributed by atoms with Crippen molar-refractivity contribution in [2.45, 2.75) is 19.3 Å². The van der Waals surface area contributed by atoms with Gasteiger partial charge in [0.2, 0.25) is 0 Å². The van der Waals surface area contributed by atoms with Crippen molar-refractivity contribution >= 4 is 38.6 Å². The van der Waals surface area contributed by atoms with Crippen molar-refractivity contribution in [2.75, 3.05) is 0 Å². The molecule has 1 heteroatoms. The fourth-order valence-electron chi connectivity index (χ4n) is 3.24. The molecule has 0 N–H and O–H groups in total. The summed E-state index contributed by atoms with van der Waals surface area (Å²) in [6.45, 7) is 0. The number of aryl methyl sites for hydroxylation is 1. The van der Waals surface area contributed by atoms with Crippen LogP contribution in [0.1, 0.15) is 24.0 Å². The molecule has 0 bridgehead atoms. The van der Waals surface area contributed by atoms with Gasteiger partial charge in [0.25, 0.3) is 0 Å². The molecule has 0 atom stereocenters. The van der Waals surface area contributed by atoms with Crippen LogP contribution in [-0.4, -0.2) is 4.86 Å². The van der Waals surface area contributed by atoms with E-state index in [0.717, 1.165) is 17.7 Å². The van der Waals surface area contributed by atoms with Gasteiger partial charge in [0.15, 0.2) is 0 Å². The highest BCUT2D eigenvalue weighted by Gasteiger charge is 2.16. The van der Waals surface area contributed by atoms with E-state index in [0.29, 0.717) is 0 Å². The number of rotatable bonds is 0. The fraction of sp³-hybridized carbons (Fsp3) is 0.167. The van der Waals surface area contributed by atoms with Gasteiger partial charge in [-0.15, -0.1) is 0 Å². The lowest BCUT2D eigenvalue weighted by Gasteiger charge is -2.19. The molecule has 4 rings (SSSR count). The number of thiocarbonyl (C=S) groups is 1. The third-order valence-corrected chi connectivity index (χ3v) is 4.59. The van der Waals surface area contributed by atoms with E-state index in [-0.39, 0.29) is 0 Å². The van der Waals surface area contributed by atoms with Gasteiger partial charge in [-0.2, -0.15) is 0 Å². The van der Waals surface area contributed by atoms with Crippen molar-refractivity contribution in [3.63, 3.8) is 0 Å². The van der Waals surface area contributed by atoms with E-state index in [1.165, 1.54) is 39.1 Å². The quantitative estimate of drug-likeness (QED) is 0.403. The number of hydrogen-bond acceptors (Lipinski definition) is 1. The number of hydrogen-bond donors (Lipinski definition) is 0. The third kappa shape index (κ3) is 1.62. The maximum Gasteiger partial charge on any atom is 0.0227 e. The molecule has 1 aliphatic rings. The summed E-state index contributed by atoms with van der Waals surface area (Å²) in [6, 6.07) is 17.6. The summed E-state index contributed by atoms with van der Waals surface area (Å²) in [7, 11) is 0. The lowest BCUT2D eigenvalue weighted by Crippen LogP contribution is -2.09. The van der Waals surface area contributed by atoms with Crippen molar-refractivity contribution in [1.82, 2.24) is 0 Å². The van der Waals surface area contributed by atoms with Crippen molar-refractivity contribution in [3.05, 3.63) is 59.7 Å². The maximum absolute atomic E-state index is 5.52. The van der Waals surface area contributed by atoms with Gasteiger partial charge in [-0.3, -0.25) is 0 Å². The van der Waals surface area contributed by atoms with Crippen molar-refractivity contribution in [1.29, 1.82) is 0 Å². The maximum atomic E-state index is 5.52. The lowest BCUT2D eigenvalue weighted by molar-refractivity contribution is 0.854. The fourth-order valence-corrected chi connectivity index (χ4v) is 3.58. The minimum atomic E-state index is 1.07. The second kappa shape index (κ2) is 4.14. The Bertz CT molecular complexity index is 814. The zero-order valence-corrected chi connectivity index (χ0v) is 11.5. The van der Waals surface area contributed by atoms with Crippen LogP contribution in [-0.2, 0) is 6.42 Å². The van der Waals surface area contributed by atoms with Crippen LogP contribution >= 0.6 is 12.2 Å². The van der Waals surface area contributed by atoms with E-state index >= 15 is 0 Å². The molecular formula is C18H14S. The van der Waals surface area contributed by atoms with Crippen LogP contribution in [0.5, 0.6) is 0 Å². The van der Waals surface area contributed by atoms with E-state index < -0.39 is 0 Å². The summed E-state index contributed by atoms with van der Waals surface area (Å²) >= 11 is 5.52. The Balaban J connectivity index is 2.16. The van der Waals surface area contributed by atoms with E-state index in [1.807, 2.05) is 0 Å². The molecule has 0 radical (unpaired) electrons. The molecule has 0 saturated carbocycles. The summed E-state index contributed by atoms with van der Waals surface area (Å²) in [5.41, 5.74) is 2.77. The molecular weight excluding hydrogens is 248 g/mol. The molecule has 0 aromatic heterocycles. The number of benzene rings is 3. The first-order chi connectivity index (χ1) is 9.34. The summed E-state index contributed by atoms with van der Waals surface area (Å²) < 4.78 is 0. The van der Waals surface area contributed by atoms with Crippen LogP contribution in [0.25, 0.3) is 21.5 Å². The van der Waals surface area contributed by atoms with Gasteiger partial charge < -0.3 is 0 Å². The van der Waals surface area contributed by atoms with Crippen LogP contribution in [0.15, 0.2) is 48.5 Å². The predicted octanol–water partition coefficient (Wildman–Crippen LogP) is 5.05. The van der Waals surface area contributed by atoms with E-state index in [2.05, 4.69) is 48.5 Å². The highest BCUT2D eigenvalue weighted by atomic mass is 32.1. The van der Waals surface area contributed by atoms with Crippen molar-refractivity contribution in [3.8, 4) is 0 Å². The molecule has 3 aromatic rings. The molecule has 0 saturated heterocycles. The predicted molar refractivity (Wildman–Crippen MR) is 86.1 cm³/mol.